The number of anilines is 1. The van der Waals surface area contributed by atoms with Gasteiger partial charge in [0.25, 0.3) is 0 Å². The second-order valence-corrected chi connectivity index (χ2v) is 9.56. The van der Waals surface area contributed by atoms with Gasteiger partial charge >= 0.3 is 5.97 Å². The number of aromatic nitrogens is 4. The number of imidazole rings is 1. The number of thiazole rings is 1. The third-order valence-electron chi connectivity index (χ3n) is 6.31. The molecule has 8 nitrogen and oxygen atoms in total. The number of aliphatic imine (C=N–C) groups is 1. The molecule has 0 saturated heterocycles. The van der Waals surface area contributed by atoms with E-state index in [4.69, 9.17) is 4.74 Å². The van der Waals surface area contributed by atoms with Gasteiger partial charge in [-0.2, -0.15) is 0 Å². The number of ether oxygens (including phenoxy) is 1. The van der Waals surface area contributed by atoms with Crippen LogP contribution in [0.15, 0.2) is 40.9 Å². The Labute approximate surface area is 194 Å². The van der Waals surface area contributed by atoms with Crippen LogP contribution in [0.5, 0.6) is 0 Å². The summed E-state index contributed by atoms with van der Waals surface area (Å²) in [5.74, 6) is 0.797. The van der Waals surface area contributed by atoms with Gasteiger partial charge in [0.1, 0.15) is 29.1 Å². The maximum absolute atomic E-state index is 14.5. The molecular formula is C23H25FN6O2S. The molecule has 0 aromatic carbocycles. The van der Waals surface area contributed by atoms with Crippen LogP contribution < -0.4 is 5.32 Å². The molecule has 10 heteroatoms. The second kappa shape index (κ2) is 8.66. The fourth-order valence-corrected chi connectivity index (χ4v) is 5.73. The molecule has 2 unspecified atom stereocenters. The first-order valence-electron chi connectivity index (χ1n) is 11.0. The molecule has 1 saturated carbocycles. The van der Waals surface area contributed by atoms with Crippen LogP contribution in [0.25, 0.3) is 16.3 Å². The van der Waals surface area contributed by atoms with Gasteiger partial charge in [-0.1, -0.05) is 6.92 Å². The van der Waals surface area contributed by atoms with Gasteiger partial charge in [0.15, 0.2) is 4.96 Å². The molecule has 1 aliphatic carbocycles. The van der Waals surface area contributed by atoms with E-state index in [2.05, 4.69) is 32.4 Å². The van der Waals surface area contributed by atoms with E-state index < -0.39 is 6.17 Å². The van der Waals surface area contributed by atoms with Gasteiger partial charge in [0.2, 0.25) is 0 Å². The lowest BCUT2D eigenvalue weighted by Crippen LogP contribution is -2.53. The summed E-state index contributed by atoms with van der Waals surface area (Å²) in [5, 5.41) is 13.7. The Bertz CT molecular complexity index is 1210. The lowest BCUT2D eigenvalue weighted by molar-refractivity contribution is 0.0276. The summed E-state index contributed by atoms with van der Waals surface area (Å²) in [6.07, 6.45) is 7.50. The number of nitrogens with zero attached hydrogens (tertiary/aromatic N) is 5. The number of halogens is 1. The highest BCUT2D eigenvalue weighted by Crippen LogP contribution is 2.51. The van der Waals surface area contributed by atoms with Crippen molar-refractivity contribution in [3.63, 3.8) is 0 Å². The third-order valence-corrected chi connectivity index (χ3v) is 7.15. The number of carbonyl (C=O) groups is 1. The van der Waals surface area contributed by atoms with E-state index in [-0.39, 0.29) is 17.4 Å². The molecule has 5 rings (SSSR count). The number of esters is 1. The van der Waals surface area contributed by atoms with Crippen molar-refractivity contribution in [2.24, 2.45) is 16.3 Å². The maximum Gasteiger partial charge on any atom is 0.356 e. The molecule has 0 spiro atoms. The zero-order valence-corrected chi connectivity index (χ0v) is 19.3. The smallest absolute Gasteiger partial charge is 0.356 e. The lowest BCUT2D eigenvalue weighted by Gasteiger charge is -2.51. The minimum Gasteiger partial charge on any atom is -0.461 e. The number of hydrogen-bond donors (Lipinski definition) is 1. The first-order valence-corrected chi connectivity index (χ1v) is 11.9. The Hall–Kier alpha value is -3.14. The monoisotopic (exact) mass is 468 g/mol. The largest absolute Gasteiger partial charge is 0.461 e. The topological polar surface area (TPSA) is 93.8 Å². The van der Waals surface area contributed by atoms with Crippen LogP contribution in [0.3, 0.4) is 0 Å². The summed E-state index contributed by atoms with van der Waals surface area (Å²) in [6.45, 7) is 4.86. The standard InChI is InChI=1S/C23H25FN6O2S/c1-3-32-21(31)18-12-33-22-27-17(11-30(18)22)16-6-7-19(29-28-16)26-13-23(9-14(2)10-23)20-15(24)5-4-8-25-20/h4-8,11-12,14-15,20H,3,9-10,13H2,1-2H3,(H,26,29)/t14-,15?,20?,23-. The van der Waals surface area contributed by atoms with Gasteiger partial charge in [0.05, 0.1) is 12.6 Å². The Morgan fingerprint density at radius 2 is 2.18 bits per heavy atom. The quantitative estimate of drug-likeness (QED) is 0.522. The lowest BCUT2D eigenvalue weighted by atomic mass is 9.57. The first-order chi connectivity index (χ1) is 16.0. The molecule has 0 radical (unpaired) electrons. The Balaban J connectivity index is 1.29. The van der Waals surface area contributed by atoms with Gasteiger partial charge in [-0.3, -0.25) is 9.39 Å². The van der Waals surface area contributed by atoms with Gasteiger partial charge in [-0.15, -0.1) is 21.5 Å². The predicted octanol–water partition coefficient (Wildman–Crippen LogP) is 4.21. The minimum atomic E-state index is -1.06. The Morgan fingerprint density at radius 3 is 2.88 bits per heavy atom. The van der Waals surface area contributed by atoms with Gasteiger partial charge in [0, 0.05) is 29.8 Å². The van der Waals surface area contributed by atoms with Crippen LogP contribution in [0.2, 0.25) is 0 Å². The summed E-state index contributed by atoms with van der Waals surface area (Å²) in [7, 11) is 0. The molecule has 2 aliphatic rings. The molecule has 1 aliphatic heterocycles. The van der Waals surface area contributed by atoms with Crippen molar-refractivity contribution in [3.8, 4) is 11.4 Å². The Morgan fingerprint density at radius 1 is 1.33 bits per heavy atom. The summed E-state index contributed by atoms with van der Waals surface area (Å²) in [5.41, 5.74) is 1.44. The summed E-state index contributed by atoms with van der Waals surface area (Å²) < 4.78 is 21.4. The fourth-order valence-electron chi connectivity index (χ4n) is 4.89. The summed E-state index contributed by atoms with van der Waals surface area (Å²) >= 11 is 1.36. The highest BCUT2D eigenvalue weighted by molar-refractivity contribution is 7.15. The second-order valence-electron chi connectivity index (χ2n) is 8.73. The molecule has 172 valence electrons. The number of allylic oxidation sites excluding steroid dienone is 1. The number of alkyl halides is 1. The van der Waals surface area contributed by atoms with Crippen molar-refractivity contribution in [2.75, 3.05) is 18.5 Å². The van der Waals surface area contributed by atoms with Crippen LogP contribution in [0, 0.1) is 11.3 Å². The van der Waals surface area contributed by atoms with E-state index in [1.54, 1.807) is 41.3 Å². The summed E-state index contributed by atoms with van der Waals surface area (Å²) in [6, 6.07) is 3.31. The average Bonchev–Trinajstić information content (AvgIpc) is 3.38. The molecule has 4 heterocycles. The number of hydrogen-bond acceptors (Lipinski definition) is 8. The van der Waals surface area contributed by atoms with E-state index in [0.717, 1.165) is 12.8 Å². The number of carbonyl (C=O) groups excluding carboxylic acids is 1. The highest BCUT2D eigenvalue weighted by Gasteiger charge is 2.50. The van der Waals surface area contributed by atoms with Gasteiger partial charge in [-0.25, -0.2) is 14.2 Å². The maximum atomic E-state index is 14.5. The van der Waals surface area contributed by atoms with Crippen molar-refractivity contribution in [1.82, 2.24) is 19.6 Å². The van der Waals surface area contributed by atoms with Crippen LogP contribution in [0.4, 0.5) is 10.2 Å². The minimum absolute atomic E-state index is 0.224. The predicted molar refractivity (Wildman–Crippen MR) is 126 cm³/mol. The van der Waals surface area contributed by atoms with Crippen molar-refractivity contribution in [1.29, 1.82) is 0 Å². The third kappa shape index (κ3) is 4.03. The molecule has 3 aromatic rings. The Kier molecular flexibility index (Phi) is 5.69. The normalized spacial score (nSPS) is 26.3. The number of nitrogens with one attached hydrogen (secondary N) is 1. The van der Waals surface area contributed by atoms with E-state index in [0.29, 0.717) is 46.9 Å². The zero-order valence-electron chi connectivity index (χ0n) is 18.4. The van der Waals surface area contributed by atoms with Crippen molar-refractivity contribution >= 4 is 34.3 Å². The average molecular weight is 469 g/mol. The van der Waals surface area contributed by atoms with E-state index in [9.17, 15) is 9.18 Å². The van der Waals surface area contributed by atoms with E-state index in [1.807, 2.05) is 12.1 Å². The van der Waals surface area contributed by atoms with Crippen molar-refractivity contribution < 1.29 is 13.9 Å². The molecular weight excluding hydrogens is 443 g/mol. The van der Waals surface area contributed by atoms with Crippen molar-refractivity contribution in [2.45, 2.75) is 38.9 Å². The first kappa shape index (κ1) is 21.7. The molecule has 2 atom stereocenters. The number of fused-ring (bicyclic) bond motifs is 1. The van der Waals surface area contributed by atoms with Gasteiger partial charge < -0.3 is 10.1 Å². The van der Waals surface area contributed by atoms with Gasteiger partial charge in [-0.05, 0) is 50.0 Å². The van der Waals surface area contributed by atoms with E-state index >= 15 is 0 Å². The molecule has 1 N–H and O–H groups in total. The molecule has 0 amide bonds. The highest BCUT2D eigenvalue weighted by atomic mass is 32.1. The summed E-state index contributed by atoms with van der Waals surface area (Å²) in [4.78, 5) is 21.8. The molecule has 1 fully saturated rings. The van der Waals surface area contributed by atoms with Crippen LogP contribution in [-0.2, 0) is 4.74 Å². The molecule has 0 bridgehead atoms. The van der Waals surface area contributed by atoms with Crippen LogP contribution in [0.1, 0.15) is 37.2 Å². The van der Waals surface area contributed by atoms with Crippen LogP contribution >= 0.6 is 11.3 Å². The molecule has 33 heavy (non-hydrogen) atoms. The SMILES string of the molecule is CCOC(=O)c1csc2nc(-c3ccc(NC[C@]4(C5N=CC=CC5F)C[C@H](C)C4)nn3)cn12. The number of rotatable bonds is 7. The van der Waals surface area contributed by atoms with Crippen LogP contribution in [-0.4, -0.2) is 57.1 Å². The van der Waals surface area contributed by atoms with Crippen molar-refractivity contribution in [3.05, 3.63) is 41.6 Å². The zero-order chi connectivity index (χ0) is 23.0. The number of dihydropyridines is 1. The molecule has 3 aromatic heterocycles. The fraction of sp³-hybridized carbons (Fsp3) is 0.435. The van der Waals surface area contributed by atoms with E-state index in [1.165, 1.54) is 11.3 Å².